The molecule has 0 aliphatic heterocycles. The zero-order chi connectivity index (χ0) is 14.7. The van der Waals surface area contributed by atoms with Gasteiger partial charge < -0.3 is 10.5 Å². The summed E-state index contributed by atoms with van der Waals surface area (Å²) >= 11 is 0. The van der Waals surface area contributed by atoms with Gasteiger partial charge in [-0.1, -0.05) is 18.2 Å². The van der Waals surface area contributed by atoms with Crippen LogP contribution in [0.25, 0.3) is 0 Å². The van der Waals surface area contributed by atoms with Crippen LogP contribution in [0.1, 0.15) is 35.2 Å². The quantitative estimate of drug-likeness (QED) is 0.917. The molecular formula is C17H20FNO. The van der Waals surface area contributed by atoms with E-state index in [0.29, 0.717) is 12.2 Å². The van der Waals surface area contributed by atoms with Gasteiger partial charge in [0.2, 0.25) is 0 Å². The lowest BCUT2D eigenvalue weighted by Gasteiger charge is -2.17. The minimum absolute atomic E-state index is 0.253. The maximum Gasteiger partial charge on any atom is 0.128 e. The van der Waals surface area contributed by atoms with Gasteiger partial charge in [-0.05, 0) is 55.7 Å². The van der Waals surface area contributed by atoms with Gasteiger partial charge >= 0.3 is 0 Å². The van der Waals surface area contributed by atoms with E-state index in [1.165, 1.54) is 6.07 Å². The van der Waals surface area contributed by atoms with Crippen molar-refractivity contribution in [1.29, 1.82) is 0 Å². The topological polar surface area (TPSA) is 35.2 Å². The summed E-state index contributed by atoms with van der Waals surface area (Å²) in [4.78, 5) is 0. The Morgan fingerprint density at radius 3 is 2.60 bits per heavy atom. The molecule has 0 amide bonds. The van der Waals surface area contributed by atoms with Crippen molar-refractivity contribution in [3.63, 3.8) is 0 Å². The van der Waals surface area contributed by atoms with Gasteiger partial charge in [-0.3, -0.25) is 0 Å². The van der Waals surface area contributed by atoms with E-state index in [2.05, 4.69) is 0 Å². The molecule has 0 aromatic heterocycles. The molecule has 0 aliphatic carbocycles. The predicted molar refractivity (Wildman–Crippen MR) is 79.5 cm³/mol. The Balaban J connectivity index is 2.41. The van der Waals surface area contributed by atoms with E-state index >= 15 is 0 Å². The number of hydrogen-bond acceptors (Lipinski definition) is 2. The fraction of sp³-hybridized carbons (Fsp3) is 0.294. The molecule has 3 heteroatoms. The van der Waals surface area contributed by atoms with Gasteiger partial charge in [0.15, 0.2) is 0 Å². The summed E-state index contributed by atoms with van der Waals surface area (Å²) in [5.74, 6) is 0.502. The molecule has 0 saturated heterocycles. The lowest BCUT2D eigenvalue weighted by Crippen LogP contribution is -2.15. The molecule has 20 heavy (non-hydrogen) atoms. The van der Waals surface area contributed by atoms with Gasteiger partial charge in [-0.25, -0.2) is 4.39 Å². The minimum atomic E-state index is -0.490. The lowest BCUT2D eigenvalue weighted by atomic mass is 9.94. The molecule has 2 nitrogen and oxygen atoms in total. The van der Waals surface area contributed by atoms with Gasteiger partial charge in [-0.2, -0.15) is 0 Å². The van der Waals surface area contributed by atoms with Crippen molar-refractivity contribution in [3.05, 3.63) is 64.5 Å². The lowest BCUT2D eigenvalue weighted by molar-refractivity contribution is 0.339. The van der Waals surface area contributed by atoms with Gasteiger partial charge in [0.05, 0.1) is 12.6 Å². The third-order valence-electron chi connectivity index (χ3n) is 3.32. The van der Waals surface area contributed by atoms with Gasteiger partial charge in [0.25, 0.3) is 0 Å². The molecule has 0 aliphatic rings. The van der Waals surface area contributed by atoms with E-state index in [4.69, 9.17) is 10.5 Å². The fourth-order valence-corrected chi connectivity index (χ4v) is 2.45. The highest BCUT2D eigenvalue weighted by molar-refractivity contribution is 5.41. The zero-order valence-corrected chi connectivity index (χ0v) is 12.1. The van der Waals surface area contributed by atoms with Crippen LogP contribution in [0.3, 0.4) is 0 Å². The smallest absolute Gasteiger partial charge is 0.128 e. The standard InChI is InChI=1S/C17H20FNO/c1-4-20-14-7-5-6-13(10-14)17(19)16-12(3)8-11(2)9-15(16)18/h5-10,17H,4,19H2,1-3H3. The van der Waals surface area contributed by atoms with Gasteiger partial charge in [0.1, 0.15) is 11.6 Å². The fourth-order valence-electron chi connectivity index (χ4n) is 2.45. The second-order valence-corrected chi connectivity index (χ2v) is 4.96. The van der Waals surface area contributed by atoms with Crippen molar-refractivity contribution in [1.82, 2.24) is 0 Å². The Morgan fingerprint density at radius 2 is 1.95 bits per heavy atom. The Bertz CT molecular complexity index is 587. The van der Waals surface area contributed by atoms with Crippen molar-refractivity contribution in [3.8, 4) is 5.75 Å². The van der Waals surface area contributed by atoms with Crippen LogP contribution in [0.4, 0.5) is 4.39 Å². The summed E-state index contributed by atoms with van der Waals surface area (Å²) in [5, 5.41) is 0. The van der Waals surface area contributed by atoms with Gasteiger partial charge in [0, 0.05) is 5.56 Å². The monoisotopic (exact) mass is 273 g/mol. The first-order chi connectivity index (χ1) is 9.52. The van der Waals surface area contributed by atoms with Crippen molar-refractivity contribution in [2.45, 2.75) is 26.8 Å². The van der Waals surface area contributed by atoms with E-state index in [-0.39, 0.29) is 5.82 Å². The van der Waals surface area contributed by atoms with Crippen LogP contribution in [0, 0.1) is 19.7 Å². The van der Waals surface area contributed by atoms with E-state index in [9.17, 15) is 4.39 Å². The third kappa shape index (κ3) is 2.99. The van der Waals surface area contributed by atoms with Crippen molar-refractivity contribution < 1.29 is 9.13 Å². The third-order valence-corrected chi connectivity index (χ3v) is 3.32. The first-order valence-electron chi connectivity index (χ1n) is 6.78. The number of benzene rings is 2. The molecule has 0 saturated carbocycles. The average molecular weight is 273 g/mol. The maximum atomic E-state index is 14.2. The van der Waals surface area contributed by atoms with Crippen molar-refractivity contribution in [2.24, 2.45) is 5.73 Å². The molecule has 2 aromatic carbocycles. The highest BCUT2D eigenvalue weighted by Crippen LogP contribution is 2.28. The first-order valence-corrected chi connectivity index (χ1v) is 6.78. The number of halogens is 1. The molecule has 2 N–H and O–H groups in total. The van der Waals surface area contributed by atoms with Crippen LogP contribution in [0.15, 0.2) is 36.4 Å². The number of rotatable bonds is 4. The summed E-state index contributed by atoms with van der Waals surface area (Å²) in [5.41, 5.74) is 9.41. The molecule has 1 unspecified atom stereocenters. The molecule has 1 atom stereocenters. The average Bonchev–Trinajstić information content (AvgIpc) is 2.38. The normalized spacial score (nSPS) is 12.2. The summed E-state index contributed by atoms with van der Waals surface area (Å²) in [6, 6.07) is 10.5. The van der Waals surface area contributed by atoms with Crippen LogP contribution in [-0.2, 0) is 0 Å². The summed E-state index contributed by atoms with van der Waals surface area (Å²) in [6.45, 7) is 6.28. The van der Waals surface area contributed by atoms with E-state index < -0.39 is 6.04 Å². The second-order valence-electron chi connectivity index (χ2n) is 4.96. The van der Waals surface area contributed by atoms with Crippen LogP contribution < -0.4 is 10.5 Å². The largest absolute Gasteiger partial charge is 0.494 e. The Hall–Kier alpha value is -1.87. The number of ether oxygens (including phenoxy) is 1. The van der Waals surface area contributed by atoms with Crippen molar-refractivity contribution >= 4 is 0 Å². The van der Waals surface area contributed by atoms with Crippen LogP contribution in [-0.4, -0.2) is 6.61 Å². The minimum Gasteiger partial charge on any atom is -0.494 e. The Kier molecular flexibility index (Phi) is 4.40. The van der Waals surface area contributed by atoms with E-state index in [0.717, 1.165) is 22.4 Å². The zero-order valence-electron chi connectivity index (χ0n) is 12.1. The molecular weight excluding hydrogens is 253 g/mol. The van der Waals surface area contributed by atoms with E-state index in [1.54, 1.807) is 0 Å². The van der Waals surface area contributed by atoms with E-state index in [1.807, 2.05) is 51.1 Å². The highest BCUT2D eigenvalue weighted by Gasteiger charge is 2.17. The second kappa shape index (κ2) is 6.06. The molecule has 0 bridgehead atoms. The molecule has 0 fully saturated rings. The molecule has 2 rings (SSSR count). The molecule has 106 valence electrons. The van der Waals surface area contributed by atoms with Crippen LogP contribution in [0.5, 0.6) is 5.75 Å². The Morgan fingerprint density at radius 1 is 1.20 bits per heavy atom. The highest BCUT2D eigenvalue weighted by atomic mass is 19.1. The summed E-state index contributed by atoms with van der Waals surface area (Å²) in [6.07, 6.45) is 0. The maximum absolute atomic E-state index is 14.2. The SMILES string of the molecule is CCOc1cccc(C(N)c2c(C)cc(C)cc2F)c1. The predicted octanol–water partition coefficient (Wildman–Crippen LogP) is 3.89. The van der Waals surface area contributed by atoms with Gasteiger partial charge in [-0.15, -0.1) is 0 Å². The summed E-state index contributed by atoms with van der Waals surface area (Å²) < 4.78 is 19.6. The molecule has 0 heterocycles. The number of aryl methyl sites for hydroxylation is 2. The number of hydrogen-bond donors (Lipinski definition) is 1. The van der Waals surface area contributed by atoms with Crippen LogP contribution >= 0.6 is 0 Å². The Labute approximate surface area is 119 Å². The molecule has 0 spiro atoms. The number of nitrogens with two attached hydrogens (primary N) is 1. The molecule has 2 aromatic rings. The van der Waals surface area contributed by atoms with Crippen molar-refractivity contribution in [2.75, 3.05) is 6.61 Å². The summed E-state index contributed by atoms with van der Waals surface area (Å²) in [7, 11) is 0. The first kappa shape index (κ1) is 14.5. The molecule has 0 radical (unpaired) electrons. The van der Waals surface area contributed by atoms with Crippen LogP contribution in [0.2, 0.25) is 0 Å².